The van der Waals surface area contributed by atoms with Crippen LogP contribution in [0, 0.1) is 5.92 Å². The van der Waals surface area contributed by atoms with Crippen molar-refractivity contribution in [2.75, 3.05) is 0 Å². The fraction of sp³-hybridized carbons (Fsp3) is 0.571. The lowest BCUT2D eigenvalue weighted by molar-refractivity contribution is 0.523. The van der Waals surface area contributed by atoms with E-state index in [0.29, 0.717) is 0 Å². The lowest BCUT2D eigenvalue weighted by atomic mass is 9.84. The van der Waals surface area contributed by atoms with Crippen molar-refractivity contribution in [1.29, 1.82) is 0 Å². The second kappa shape index (κ2) is 6.64. The van der Waals surface area contributed by atoms with Crippen LogP contribution in [0.5, 0.6) is 0 Å². The van der Waals surface area contributed by atoms with Crippen LogP contribution in [0.2, 0.25) is 0 Å². The molecule has 0 amide bonds. The van der Waals surface area contributed by atoms with Crippen molar-refractivity contribution in [2.24, 2.45) is 5.92 Å². The third kappa shape index (κ3) is 3.53. The maximum absolute atomic E-state index is 3.85. The molecule has 0 saturated carbocycles. The normalized spacial score (nSPS) is 18.4. The Morgan fingerprint density at radius 3 is 2.71 bits per heavy atom. The SMILES string of the molecule is C=CCCC(CC=C)C1=CCCCC1. The van der Waals surface area contributed by atoms with Gasteiger partial charge in [-0.1, -0.05) is 23.8 Å². The lowest BCUT2D eigenvalue weighted by Gasteiger charge is -2.21. The average Bonchev–Trinajstić information content (AvgIpc) is 2.25. The van der Waals surface area contributed by atoms with Gasteiger partial charge in [0.15, 0.2) is 0 Å². The molecule has 14 heavy (non-hydrogen) atoms. The monoisotopic (exact) mass is 190 g/mol. The van der Waals surface area contributed by atoms with E-state index in [1.165, 1.54) is 32.1 Å². The first-order valence-electron chi connectivity index (χ1n) is 5.79. The van der Waals surface area contributed by atoms with Gasteiger partial charge in [0.25, 0.3) is 0 Å². The van der Waals surface area contributed by atoms with Crippen molar-refractivity contribution in [3.8, 4) is 0 Å². The molecular formula is C14H22. The van der Waals surface area contributed by atoms with Crippen molar-refractivity contribution >= 4 is 0 Å². The van der Waals surface area contributed by atoms with E-state index in [4.69, 9.17) is 0 Å². The predicted molar refractivity (Wildman–Crippen MR) is 64.3 cm³/mol. The standard InChI is InChI=1S/C14H22/c1-3-5-10-13(9-4-2)14-11-7-6-8-12-14/h3-4,11,13H,1-2,5-10,12H2. The van der Waals surface area contributed by atoms with E-state index in [1.807, 2.05) is 6.08 Å². The Morgan fingerprint density at radius 2 is 2.14 bits per heavy atom. The van der Waals surface area contributed by atoms with Crippen LogP contribution in [0.3, 0.4) is 0 Å². The molecule has 1 aliphatic rings. The summed E-state index contributed by atoms with van der Waals surface area (Å²) in [6.45, 7) is 7.64. The summed E-state index contributed by atoms with van der Waals surface area (Å²) in [5, 5.41) is 0. The summed E-state index contributed by atoms with van der Waals surface area (Å²) in [7, 11) is 0. The summed E-state index contributed by atoms with van der Waals surface area (Å²) in [4.78, 5) is 0. The van der Waals surface area contributed by atoms with Gasteiger partial charge >= 0.3 is 0 Å². The van der Waals surface area contributed by atoms with Crippen LogP contribution >= 0.6 is 0 Å². The Hall–Kier alpha value is -0.780. The van der Waals surface area contributed by atoms with Crippen LogP contribution in [0.1, 0.15) is 44.9 Å². The van der Waals surface area contributed by atoms with Gasteiger partial charge < -0.3 is 0 Å². The van der Waals surface area contributed by atoms with Gasteiger partial charge in [-0.15, -0.1) is 13.2 Å². The van der Waals surface area contributed by atoms with E-state index >= 15 is 0 Å². The minimum atomic E-state index is 0.741. The van der Waals surface area contributed by atoms with E-state index < -0.39 is 0 Å². The van der Waals surface area contributed by atoms with Crippen molar-refractivity contribution in [3.05, 3.63) is 37.0 Å². The van der Waals surface area contributed by atoms with Gasteiger partial charge in [-0.3, -0.25) is 0 Å². The quantitative estimate of drug-likeness (QED) is 0.535. The number of rotatable bonds is 6. The van der Waals surface area contributed by atoms with Crippen molar-refractivity contribution < 1.29 is 0 Å². The second-order valence-corrected chi connectivity index (χ2v) is 4.11. The first-order chi connectivity index (χ1) is 6.88. The Labute approximate surface area is 88.4 Å². The van der Waals surface area contributed by atoms with Crippen LogP contribution in [-0.4, -0.2) is 0 Å². The molecule has 0 bridgehead atoms. The number of allylic oxidation sites excluding steroid dienone is 4. The van der Waals surface area contributed by atoms with E-state index in [-0.39, 0.29) is 0 Å². The first kappa shape index (κ1) is 11.3. The van der Waals surface area contributed by atoms with Crippen LogP contribution < -0.4 is 0 Å². The molecule has 0 radical (unpaired) electrons. The summed E-state index contributed by atoms with van der Waals surface area (Å²) >= 11 is 0. The zero-order valence-electron chi connectivity index (χ0n) is 9.17. The molecule has 0 fully saturated rings. The van der Waals surface area contributed by atoms with Crippen LogP contribution in [0.15, 0.2) is 37.0 Å². The topological polar surface area (TPSA) is 0 Å². The fourth-order valence-corrected chi connectivity index (χ4v) is 2.21. The maximum atomic E-state index is 3.85. The van der Waals surface area contributed by atoms with Gasteiger partial charge in [-0.05, 0) is 50.9 Å². The second-order valence-electron chi connectivity index (χ2n) is 4.11. The average molecular weight is 190 g/mol. The first-order valence-corrected chi connectivity index (χ1v) is 5.79. The Kier molecular flexibility index (Phi) is 5.36. The highest BCUT2D eigenvalue weighted by molar-refractivity contribution is 5.10. The number of hydrogen-bond acceptors (Lipinski definition) is 0. The zero-order valence-corrected chi connectivity index (χ0v) is 9.17. The molecular weight excluding hydrogens is 168 g/mol. The summed E-state index contributed by atoms with van der Waals surface area (Å²) in [6.07, 6.45) is 15.4. The van der Waals surface area contributed by atoms with Gasteiger partial charge in [0.05, 0.1) is 0 Å². The van der Waals surface area contributed by atoms with Crippen molar-refractivity contribution in [3.63, 3.8) is 0 Å². The van der Waals surface area contributed by atoms with E-state index in [9.17, 15) is 0 Å². The number of hydrogen-bond donors (Lipinski definition) is 0. The third-order valence-corrected chi connectivity index (χ3v) is 3.02. The van der Waals surface area contributed by atoms with Gasteiger partial charge in [-0.25, -0.2) is 0 Å². The fourth-order valence-electron chi connectivity index (χ4n) is 2.21. The molecule has 0 aromatic heterocycles. The molecule has 0 aliphatic heterocycles. The molecule has 1 atom stereocenters. The van der Waals surface area contributed by atoms with Gasteiger partial charge in [-0.2, -0.15) is 0 Å². The van der Waals surface area contributed by atoms with Gasteiger partial charge in [0, 0.05) is 0 Å². The summed E-state index contributed by atoms with van der Waals surface area (Å²) < 4.78 is 0. The van der Waals surface area contributed by atoms with Gasteiger partial charge in [0.2, 0.25) is 0 Å². The highest BCUT2D eigenvalue weighted by Crippen LogP contribution is 2.29. The summed E-state index contributed by atoms with van der Waals surface area (Å²) in [5.41, 5.74) is 1.68. The van der Waals surface area contributed by atoms with Crippen molar-refractivity contribution in [2.45, 2.75) is 44.9 Å². The molecule has 1 unspecified atom stereocenters. The Bertz CT molecular complexity index is 210. The lowest BCUT2D eigenvalue weighted by Crippen LogP contribution is -2.06. The molecule has 0 heteroatoms. The van der Waals surface area contributed by atoms with E-state index in [2.05, 4.69) is 25.3 Å². The Morgan fingerprint density at radius 1 is 1.29 bits per heavy atom. The summed E-state index contributed by atoms with van der Waals surface area (Å²) in [6, 6.07) is 0. The highest BCUT2D eigenvalue weighted by Gasteiger charge is 2.13. The molecule has 0 aromatic carbocycles. The van der Waals surface area contributed by atoms with Crippen LogP contribution in [-0.2, 0) is 0 Å². The highest BCUT2D eigenvalue weighted by atomic mass is 14.2. The molecule has 0 heterocycles. The maximum Gasteiger partial charge on any atom is -0.0166 e. The molecule has 78 valence electrons. The van der Waals surface area contributed by atoms with E-state index in [1.54, 1.807) is 5.57 Å². The predicted octanol–water partition coefficient (Wildman–Crippen LogP) is 4.65. The molecule has 0 nitrogen and oxygen atoms in total. The smallest absolute Gasteiger partial charge is 0.0166 e. The molecule has 0 N–H and O–H groups in total. The molecule has 0 aromatic rings. The minimum Gasteiger partial charge on any atom is -0.103 e. The minimum absolute atomic E-state index is 0.741. The molecule has 0 saturated heterocycles. The summed E-state index contributed by atoms with van der Waals surface area (Å²) in [5.74, 6) is 0.741. The Balaban J connectivity index is 2.50. The van der Waals surface area contributed by atoms with E-state index in [0.717, 1.165) is 18.8 Å². The van der Waals surface area contributed by atoms with Crippen molar-refractivity contribution in [1.82, 2.24) is 0 Å². The molecule has 0 spiro atoms. The zero-order chi connectivity index (χ0) is 10.2. The largest absolute Gasteiger partial charge is 0.103 e. The van der Waals surface area contributed by atoms with Crippen LogP contribution in [0.4, 0.5) is 0 Å². The molecule has 1 rings (SSSR count). The molecule has 1 aliphatic carbocycles. The van der Waals surface area contributed by atoms with Crippen LogP contribution in [0.25, 0.3) is 0 Å². The third-order valence-electron chi connectivity index (χ3n) is 3.02. The van der Waals surface area contributed by atoms with Gasteiger partial charge in [0.1, 0.15) is 0 Å².